The Morgan fingerprint density at radius 3 is 2.56 bits per heavy atom. The number of nitrogens with zero attached hydrogens (tertiary/aromatic N) is 4. The SMILES string of the molecule is CC1CCCCN1CCCNC(=O)CSc1nnc(-c2ccccc2)n1-c1ccccc1. The Morgan fingerprint density at radius 1 is 1.06 bits per heavy atom. The number of hydrogen-bond donors (Lipinski definition) is 1. The lowest BCUT2D eigenvalue weighted by atomic mass is 10.0. The van der Waals surface area contributed by atoms with E-state index >= 15 is 0 Å². The van der Waals surface area contributed by atoms with Crippen molar-refractivity contribution < 1.29 is 4.79 Å². The molecule has 7 heteroatoms. The van der Waals surface area contributed by atoms with Crippen LogP contribution in [0.5, 0.6) is 0 Å². The standard InChI is InChI=1S/C25H31N5OS/c1-20-11-8-9-17-29(20)18-10-16-26-23(31)19-32-25-28-27-24(21-12-4-2-5-13-21)30(25)22-14-6-3-7-15-22/h2-7,12-15,20H,8-11,16-19H2,1H3,(H,26,31). The molecule has 0 radical (unpaired) electrons. The molecule has 1 atom stereocenters. The van der Waals surface area contributed by atoms with Crippen LogP contribution in [0.25, 0.3) is 17.1 Å². The number of nitrogens with one attached hydrogen (secondary N) is 1. The van der Waals surface area contributed by atoms with E-state index in [1.807, 2.05) is 65.2 Å². The minimum atomic E-state index is 0.0329. The Kier molecular flexibility index (Phi) is 7.96. The predicted molar refractivity (Wildman–Crippen MR) is 130 cm³/mol. The van der Waals surface area contributed by atoms with Crippen molar-refractivity contribution in [2.45, 2.75) is 43.8 Å². The van der Waals surface area contributed by atoms with Crippen molar-refractivity contribution in [3.8, 4) is 17.1 Å². The lowest BCUT2D eigenvalue weighted by Gasteiger charge is -2.33. The largest absolute Gasteiger partial charge is 0.355 e. The van der Waals surface area contributed by atoms with Crippen molar-refractivity contribution in [3.63, 3.8) is 0 Å². The molecule has 1 amide bonds. The first-order valence-corrected chi connectivity index (χ1v) is 12.4. The Balaban J connectivity index is 1.35. The normalized spacial score (nSPS) is 16.7. The maximum absolute atomic E-state index is 12.5. The van der Waals surface area contributed by atoms with Crippen LogP contribution in [0.4, 0.5) is 0 Å². The van der Waals surface area contributed by atoms with Gasteiger partial charge in [-0.1, -0.05) is 66.7 Å². The van der Waals surface area contributed by atoms with Crippen molar-refractivity contribution in [3.05, 3.63) is 60.7 Å². The summed E-state index contributed by atoms with van der Waals surface area (Å²) >= 11 is 1.42. The van der Waals surface area contributed by atoms with Gasteiger partial charge in [-0.25, -0.2) is 0 Å². The molecular formula is C25H31N5OS. The van der Waals surface area contributed by atoms with Crippen molar-refractivity contribution in [2.75, 3.05) is 25.4 Å². The summed E-state index contributed by atoms with van der Waals surface area (Å²) in [7, 11) is 0. The number of hydrogen-bond acceptors (Lipinski definition) is 5. The highest BCUT2D eigenvalue weighted by atomic mass is 32.2. The number of carbonyl (C=O) groups is 1. The zero-order valence-corrected chi connectivity index (χ0v) is 19.4. The van der Waals surface area contributed by atoms with Gasteiger partial charge in [0.1, 0.15) is 0 Å². The summed E-state index contributed by atoms with van der Waals surface area (Å²) in [5.41, 5.74) is 1.97. The fourth-order valence-electron chi connectivity index (χ4n) is 4.13. The average Bonchev–Trinajstić information content (AvgIpc) is 3.27. The van der Waals surface area contributed by atoms with E-state index in [-0.39, 0.29) is 5.91 Å². The van der Waals surface area contributed by atoms with Crippen molar-refractivity contribution in [2.24, 2.45) is 0 Å². The molecule has 1 aromatic heterocycles. The number of piperidine rings is 1. The number of aromatic nitrogens is 3. The summed E-state index contributed by atoms with van der Waals surface area (Å²) in [5, 5.41) is 12.6. The average molecular weight is 450 g/mol. The fourth-order valence-corrected chi connectivity index (χ4v) is 4.91. The van der Waals surface area contributed by atoms with E-state index in [1.165, 1.54) is 37.6 Å². The van der Waals surface area contributed by atoms with Crippen LogP contribution in [0.15, 0.2) is 65.8 Å². The molecule has 4 rings (SSSR count). The third-order valence-electron chi connectivity index (χ3n) is 5.90. The van der Waals surface area contributed by atoms with Gasteiger partial charge in [-0.15, -0.1) is 10.2 Å². The first-order chi connectivity index (χ1) is 15.7. The third-order valence-corrected chi connectivity index (χ3v) is 6.83. The van der Waals surface area contributed by atoms with Gasteiger partial charge in [-0.2, -0.15) is 0 Å². The van der Waals surface area contributed by atoms with E-state index in [4.69, 9.17) is 0 Å². The molecule has 0 saturated carbocycles. The smallest absolute Gasteiger partial charge is 0.230 e. The Hall–Kier alpha value is -2.64. The van der Waals surface area contributed by atoms with Crippen LogP contribution in [0.3, 0.4) is 0 Å². The zero-order chi connectivity index (χ0) is 22.2. The van der Waals surface area contributed by atoms with E-state index < -0.39 is 0 Å². The monoisotopic (exact) mass is 449 g/mol. The van der Waals surface area contributed by atoms with Crippen LogP contribution in [0.2, 0.25) is 0 Å². The molecule has 1 N–H and O–H groups in total. The molecule has 3 aromatic rings. The Labute approximate surface area is 194 Å². The number of amides is 1. The number of thioether (sulfide) groups is 1. The molecule has 2 aromatic carbocycles. The van der Waals surface area contributed by atoms with Crippen LogP contribution in [-0.4, -0.2) is 57.0 Å². The van der Waals surface area contributed by atoms with Crippen molar-refractivity contribution in [1.82, 2.24) is 25.0 Å². The summed E-state index contributed by atoms with van der Waals surface area (Å²) in [6, 6.07) is 20.7. The second kappa shape index (κ2) is 11.3. The first kappa shape index (κ1) is 22.6. The topological polar surface area (TPSA) is 63.1 Å². The minimum Gasteiger partial charge on any atom is -0.355 e. The molecule has 2 heterocycles. The van der Waals surface area contributed by atoms with Crippen LogP contribution in [0.1, 0.15) is 32.6 Å². The van der Waals surface area contributed by atoms with Crippen LogP contribution in [0, 0.1) is 0 Å². The van der Waals surface area contributed by atoms with E-state index in [9.17, 15) is 4.79 Å². The summed E-state index contributed by atoms with van der Waals surface area (Å²) < 4.78 is 2.02. The zero-order valence-electron chi connectivity index (χ0n) is 18.6. The van der Waals surface area contributed by atoms with E-state index in [1.54, 1.807) is 0 Å². The van der Waals surface area contributed by atoms with Gasteiger partial charge in [-0.3, -0.25) is 9.36 Å². The first-order valence-electron chi connectivity index (χ1n) is 11.4. The molecular weight excluding hydrogens is 418 g/mol. The molecule has 168 valence electrons. The minimum absolute atomic E-state index is 0.0329. The molecule has 1 unspecified atom stereocenters. The van der Waals surface area contributed by atoms with E-state index in [0.29, 0.717) is 23.5 Å². The van der Waals surface area contributed by atoms with Gasteiger partial charge in [0, 0.05) is 30.4 Å². The number of likely N-dealkylation sites (tertiary alicyclic amines) is 1. The lowest BCUT2D eigenvalue weighted by molar-refractivity contribution is -0.118. The van der Waals surface area contributed by atoms with E-state index in [2.05, 4.69) is 27.3 Å². The molecule has 0 spiro atoms. The molecule has 0 bridgehead atoms. The van der Waals surface area contributed by atoms with Crippen LogP contribution < -0.4 is 5.32 Å². The quantitative estimate of drug-likeness (QED) is 0.387. The Bertz CT molecular complexity index is 992. The van der Waals surface area contributed by atoms with Crippen LogP contribution >= 0.6 is 11.8 Å². The lowest BCUT2D eigenvalue weighted by Crippen LogP contribution is -2.39. The van der Waals surface area contributed by atoms with Gasteiger partial charge >= 0.3 is 0 Å². The molecule has 0 aliphatic carbocycles. The molecule has 1 aliphatic rings. The van der Waals surface area contributed by atoms with Gasteiger partial charge in [-0.05, 0) is 44.9 Å². The van der Waals surface area contributed by atoms with Crippen molar-refractivity contribution in [1.29, 1.82) is 0 Å². The van der Waals surface area contributed by atoms with Gasteiger partial charge in [0.25, 0.3) is 0 Å². The number of carbonyl (C=O) groups excluding carboxylic acids is 1. The second-order valence-corrected chi connectivity index (χ2v) is 9.16. The number of para-hydroxylation sites is 1. The Morgan fingerprint density at radius 2 is 1.81 bits per heavy atom. The summed E-state index contributed by atoms with van der Waals surface area (Å²) in [4.78, 5) is 15.0. The molecule has 6 nitrogen and oxygen atoms in total. The highest BCUT2D eigenvalue weighted by molar-refractivity contribution is 7.99. The highest BCUT2D eigenvalue weighted by Gasteiger charge is 2.18. The number of benzene rings is 2. The molecule has 1 aliphatic heterocycles. The summed E-state index contributed by atoms with van der Waals surface area (Å²) in [6.07, 6.45) is 4.90. The predicted octanol–water partition coefficient (Wildman–Crippen LogP) is 4.41. The maximum atomic E-state index is 12.5. The van der Waals surface area contributed by atoms with Gasteiger partial charge in [0.05, 0.1) is 5.75 Å². The maximum Gasteiger partial charge on any atom is 0.230 e. The number of rotatable bonds is 9. The van der Waals surface area contributed by atoms with Gasteiger partial charge in [0.2, 0.25) is 5.91 Å². The van der Waals surface area contributed by atoms with Crippen molar-refractivity contribution >= 4 is 17.7 Å². The summed E-state index contributed by atoms with van der Waals surface area (Å²) in [6.45, 7) is 5.26. The fraction of sp³-hybridized carbons (Fsp3) is 0.400. The molecule has 32 heavy (non-hydrogen) atoms. The molecule has 1 fully saturated rings. The highest BCUT2D eigenvalue weighted by Crippen LogP contribution is 2.27. The second-order valence-electron chi connectivity index (χ2n) is 8.22. The molecule has 1 saturated heterocycles. The van der Waals surface area contributed by atoms with Gasteiger partial charge in [0.15, 0.2) is 11.0 Å². The summed E-state index contributed by atoms with van der Waals surface area (Å²) in [5.74, 6) is 1.13. The van der Waals surface area contributed by atoms with Gasteiger partial charge < -0.3 is 10.2 Å². The third kappa shape index (κ3) is 5.78. The van der Waals surface area contributed by atoms with Crippen LogP contribution in [-0.2, 0) is 4.79 Å². The van der Waals surface area contributed by atoms with E-state index in [0.717, 1.165) is 30.0 Å².